The van der Waals surface area contributed by atoms with Crippen molar-refractivity contribution in [1.82, 2.24) is 0 Å². The van der Waals surface area contributed by atoms with Gasteiger partial charge in [-0.15, -0.1) is 0 Å². The lowest BCUT2D eigenvalue weighted by Crippen LogP contribution is -2.06. The van der Waals surface area contributed by atoms with Gasteiger partial charge in [0.15, 0.2) is 0 Å². The molecule has 0 heterocycles. The largest absolute Gasteiger partial charge is 0.491 e. The molecule has 0 amide bonds. The van der Waals surface area contributed by atoms with Gasteiger partial charge in [0.25, 0.3) is 0 Å². The summed E-state index contributed by atoms with van der Waals surface area (Å²) in [7, 11) is 0. The zero-order valence-electron chi connectivity index (χ0n) is 12.5. The van der Waals surface area contributed by atoms with Crippen molar-refractivity contribution in [1.29, 1.82) is 0 Å². The minimum atomic E-state index is 0.218. The molecule has 2 nitrogen and oxygen atoms in total. The summed E-state index contributed by atoms with van der Waals surface area (Å²) in [6, 6.07) is 16.7. The number of benzene rings is 2. The second-order valence-electron chi connectivity index (χ2n) is 5.17. The van der Waals surface area contributed by atoms with Crippen molar-refractivity contribution in [2.75, 3.05) is 5.32 Å². The molecule has 0 fully saturated rings. The van der Waals surface area contributed by atoms with Crippen LogP contribution in [0.3, 0.4) is 0 Å². The summed E-state index contributed by atoms with van der Waals surface area (Å²) < 4.78 is 5.65. The van der Waals surface area contributed by atoms with E-state index in [1.807, 2.05) is 26.0 Å². The van der Waals surface area contributed by atoms with Gasteiger partial charge in [0.1, 0.15) is 5.75 Å². The van der Waals surface area contributed by atoms with E-state index in [2.05, 4.69) is 48.6 Å². The average Bonchev–Trinajstić information content (AvgIpc) is 2.46. The third-order valence-corrected chi connectivity index (χ3v) is 3.18. The van der Waals surface area contributed by atoms with Gasteiger partial charge in [-0.25, -0.2) is 0 Å². The van der Waals surface area contributed by atoms with Crippen LogP contribution in [0.25, 0.3) is 0 Å². The monoisotopic (exact) mass is 269 g/mol. The first kappa shape index (κ1) is 14.4. The lowest BCUT2D eigenvalue weighted by molar-refractivity contribution is 0.242. The maximum absolute atomic E-state index is 5.65. The Morgan fingerprint density at radius 1 is 1.00 bits per heavy atom. The van der Waals surface area contributed by atoms with E-state index in [0.29, 0.717) is 0 Å². The van der Waals surface area contributed by atoms with Crippen LogP contribution in [-0.2, 0) is 13.0 Å². The summed E-state index contributed by atoms with van der Waals surface area (Å²) in [5.74, 6) is 0.928. The van der Waals surface area contributed by atoms with Gasteiger partial charge in [0.05, 0.1) is 6.10 Å². The molecule has 0 aliphatic rings. The van der Waals surface area contributed by atoms with Crippen LogP contribution >= 0.6 is 0 Å². The minimum absolute atomic E-state index is 0.218. The van der Waals surface area contributed by atoms with Crippen molar-refractivity contribution in [2.24, 2.45) is 0 Å². The van der Waals surface area contributed by atoms with E-state index >= 15 is 0 Å². The first-order valence-corrected chi connectivity index (χ1v) is 7.26. The lowest BCUT2D eigenvalue weighted by atomic mass is 10.1. The number of aryl methyl sites for hydroxylation is 1. The number of ether oxygens (including phenoxy) is 1. The molecule has 0 spiro atoms. The van der Waals surface area contributed by atoms with E-state index in [1.54, 1.807) is 0 Å². The fourth-order valence-electron chi connectivity index (χ4n) is 2.16. The van der Waals surface area contributed by atoms with E-state index in [4.69, 9.17) is 4.74 Å². The Morgan fingerprint density at radius 3 is 2.35 bits per heavy atom. The smallest absolute Gasteiger partial charge is 0.119 e. The van der Waals surface area contributed by atoms with Gasteiger partial charge in [-0.05, 0) is 49.6 Å². The predicted molar refractivity (Wildman–Crippen MR) is 85.4 cm³/mol. The van der Waals surface area contributed by atoms with Gasteiger partial charge in [-0.1, -0.05) is 37.3 Å². The van der Waals surface area contributed by atoms with Gasteiger partial charge in [0.2, 0.25) is 0 Å². The van der Waals surface area contributed by atoms with Gasteiger partial charge in [0, 0.05) is 12.2 Å². The lowest BCUT2D eigenvalue weighted by Gasteiger charge is -2.12. The Kier molecular flexibility index (Phi) is 5.05. The number of para-hydroxylation sites is 1. The van der Waals surface area contributed by atoms with E-state index < -0.39 is 0 Å². The molecule has 20 heavy (non-hydrogen) atoms. The second kappa shape index (κ2) is 6.99. The van der Waals surface area contributed by atoms with Crippen LogP contribution < -0.4 is 10.1 Å². The number of nitrogens with one attached hydrogen (secondary N) is 1. The topological polar surface area (TPSA) is 21.3 Å². The molecule has 2 aromatic rings. The Bertz CT molecular complexity index is 531. The maximum Gasteiger partial charge on any atom is 0.119 e. The zero-order valence-corrected chi connectivity index (χ0v) is 12.5. The first-order chi connectivity index (χ1) is 9.69. The van der Waals surface area contributed by atoms with Crippen molar-refractivity contribution in [3.05, 3.63) is 59.7 Å². The standard InChI is InChI=1S/C18H23NO/c1-4-16-7-5-6-8-18(16)19-13-15-9-11-17(12-10-15)20-14(2)3/h5-12,14,19H,4,13H2,1-3H3. The van der Waals surface area contributed by atoms with Crippen LogP contribution in [0.5, 0.6) is 5.75 Å². The normalized spacial score (nSPS) is 10.6. The highest BCUT2D eigenvalue weighted by atomic mass is 16.5. The van der Waals surface area contributed by atoms with Crippen molar-refractivity contribution in [3.8, 4) is 5.75 Å². The summed E-state index contributed by atoms with van der Waals surface area (Å²) >= 11 is 0. The van der Waals surface area contributed by atoms with Gasteiger partial charge < -0.3 is 10.1 Å². The average molecular weight is 269 g/mol. The molecule has 106 valence electrons. The van der Waals surface area contributed by atoms with E-state index in [9.17, 15) is 0 Å². The molecular formula is C18H23NO. The van der Waals surface area contributed by atoms with Gasteiger partial charge in [-0.3, -0.25) is 0 Å². The minimum Gasteiger partial charge on any atom is -0.491 e. The molecule has 0 radical (unpaired) electrons. The molecule has 0 bridgehead atoms. The summed E-state index contributed by atoms with van der Waals surface area (Å²) in [5.41, 5.74) is 3.83. The second-order valence-corrected chi connectivity index (χ2v) is 5.17. The highest BCUT2D eigenvalue weighted by molar-refractivity contribution is 5.51. The fourth-order valence-corrected chi connectivity index (χ4v) is 2.16. The molecule has 0 aromatic heterocycles. The van der Waals surface area contributed by atoms with Crippen molar-refractivity contribution >= 4 is 5.69 Å². The van der Waals surface area contributed by atoms with Crippen molar-refractivity contribution < 1.29 is 4.74 Å². The van der Waals surface area contributed by atoms with Crippen LogP contribution in [0.2, 0.25) is 0 Å². The maximum atomic E-state index is 5.65. The molecule has 0 aliphatic heterocycles. The van der Waals surface area contributed by atoms with Crippen LogP contribution in [-0.4, -0.2) is 6.10 Å². The number of rotatable bonds is 6. The Morgan fingerprint density at radius 2 is 1.70 bits per heavy atom. The molecule has 1 N–H and O–H groups in total. The SMILES string of the molecule is CCc1ccccc1NCc1ccc(OC(C)C)cc1. The van der Waals surface area contributed by atoms with Gasteiger partial charge in [-0.2, -0.15) is 0 Å². The fraction of sp³-hybridized carbons (Fsp3) is 0.333. The molecular weight excluding hydrogens is 246 g/mol. The summed E-state index contributed by atoms with van der Waals surface area (Å²) in [5, 5.41) is 3.50. The Labute approximate surface area is 121 Å². The number of hydrogen-bond acceptors (Lipinski definition) is 2. The summed E-state index contributed by atoms with van der Waals surface area (Å²) in [6.07, 6.45) is 1.26. The molecule has 0 saturated carbocycles. The third-order valence-electron chi connectivity index (χ3n) is 3.18. The molecule has 2 aromatic carbocycles. The molecule has 0 unspecified atom stereocenters. The Hall–Kier alpha value is -1.96. The van der Waals surface area contributed by atoms with E-state index in [0.717, 1.165) is 18.7 Å². The molecule has 2 heteroatoms. The highest BCUT2D eigenvalue weighted by Crippen LogP contribution is 2.18. The van der Waals surface area contributed by atoms with E-state index in [-0.39, 0.29) is 6.10 Å². The van der Waals surface area contributed by atoms with Crippen molar-refractivity contribution in [2.45, 2.75) is 39.8 Å². The number of hydrogen-bond donors (Lipinski definition) is 1. The predicted octanol–water partition coefficient (Wildman–Crippen LogP) is 4.65. The summed E-state index contributed by atoms with van der Waals surface area (Å²) in [6.45, 7) is 7.09. The van der Waals surface area contributed by atoms with Crippen LogP contribution in [0, 0.1) is 0 Å². The van der Waals surface area contributed by atoms with E-state index in [1.165, 1.54) is 16.8 Å². The van der Waals surface area contributed by atoms with Crippen LogP contribution in [0.15, 0.2) is 48.5 Å². The molecule has 2 rings (SSSR count). The third kappa shape index (κ3) is 4.02. The zero-order chi connectivity index (χ0) is 14.4. The highest BCUT2D eigenvalue weighted by Gasteiger charge is 2.01. The molecule has 0 aliphatic carbocycles. The quantitative estimate of drug-likeness (QED) is 0.824. The molecule has 0 saturated heterocycles. The molecule has 0 atom stereocenters. The first-order valence-electron chi connectivity index (χ1n) is 7.26. The van der Waals surface area contributed by atoms with Crippen LogP contribution in [0.1, 0.15) is 31.9 Å². The van der Waals surface area contributed by atoms with Crippen molar-refractivity contribution in [3.63, 3.8) is 0 Å². The van der Waals surface area contributed by atoms with Crippen LogP contribution in [0.4, 0.5) is 5.69 Å². The Balaban J connectivity index is 1.97. The number of anilines is 1. The van der Waals surface area contributed by atoms with Gasteiger partial charge >= 0.3 is 0 Å². The summed E-state index contributed by atoms with van der Waals surface area (Å²) in [4.78, 5) is 0.